The van der Waals surface area contributed by atoms with Gasteiger partial charge < -0.3 is 5.32 Å². The predicted molar refractivity (Wildman–Crippen MR) is 50.7 cm³/mol. The summed E-state index contributed by atoms with van der Waals surface area (Å²) in [5.41, 5.74) is -0.239. The van der Waals surface area contributed by atoms with Crippen molar-refractivity contribution in [1.82, 2.24) is 25.9 Å². The molecule has 1 aromatic heterocycles. The summed E-state index contributed by atoms with van der Waals surface area (Å²) < 4.78 is 0. The van der Waals surface area contributed by atoms with Crippen LogP contribution in [0.25, 0.3) is 0 Å². The number of hydrogen-bond acceptors (Lipinski definition) is 4. The van der Waals surface area contributed by atoms with E-state index in [0.29, 0.717) is 0 Å². The minimum absolute atomic E-state index is 0.231. The summed E-state index contributed by atoms with van der Waals surface area (Å²) in [6, 6.07) is -0.324. The number of carbonyl (C=O) groups is 1. The summed E-state index contributed by atoms with van der Waals surface area (Å²) in [7, 11) is 0. The number of urea groups is 1. The van der Waals surface area contributed by atoms with Crippen LogP contribution in [0.4, 0.5) is 10.7 Å². The zero-order chi connectivity index (χ0) is 10.6. The minimum Gasteiger partial charge on any atom is -0.333 e. The number of carbonyl (C=O) groups excluding carboxylic acids is 1. The second kappa shape index (κ2) is 4.03. The Labute approximate surface area is 81.7 Å². The number of hydrogen-bond donors (Lipinski definition) is 3. The van der Waals surface area contributed by atoms with Crippen LogP contribution in [-0.2, 0) is 0 Å². The number of tetrazole rings is 1. The molecule has 1 aromatic rings. The van der Waals surface area contributed by atoms with Crippen LogP contribution in [-0.4, -0.2) is 32.2 Å². The van der Waals surface area contributed by atoms with Gasteiger partial charge in [-0.3, -0.25) is 5.32 Å². The van der Waals surface area contributed by atoms with Gasteiger partial charge in [0.05, 0.1) is 0 Å². The SMILES string of the molecule is CCC(C)(C)NC(=O)Nc1nnn[nH]1. The zero-order valence-electron chi connectivity index (χ0n) is 8.46. The Bertz CT molecular complexity index is 293. The molecule has 14 heavy (non-hydrogen) atoms. The molecule has 3 N–H and O–H groups in total. The molecule has 2 amide bonds. The standard InChI is InChI=1S/C7H14N6O/c1-4-7(2,3)9-6(14)8-5-10-12-13-11-5/h4H2,1-3H3,(H3,8,9,10,11,12,13,14). The van der Waals surface area contributed by atoms with Gasteiger partial charge in [0.15, 0.2) is 0 Å². The molecule has 0 bridgehead atoms. The largest absolute Gasteiger partial charge is 0.333 e. The van der Waals surface area contributed by atoms with Crippen molar-refractivity contribution < 1.29 is 4.79 Å². The highest BCUT2D eigenvalue weighted by Gasteiger charge is 2.18. The van der Waals surface area contributed by atoms with Crippen molar-refractivity contribution in [1.29, 1.82) is 0 Å². The van der Waals surface area contributed by atoms with Gasteiger partial charge in [0.2, 0.25) is 5.95 Å². The number of aromatic nitrogens is 4. The summed E-state index contributed by atoms with van der Waals surface area (Å²) in [4.78, 5) is 11.3. The molecule has 0 saturated heterocycles. The zero-order valence-corrected chi connectivity index (χ0v) is 8.46. The Morgan fingerprint density at radius 1 is 1.57 bits per heavy atom. The molecular weight excluding hydrogens is 184 g/mol. The van der Waals surface area contributed by atoms with Gasteiger partial charge in [-0.15, -0.1) is 0 Å². The molecule has 0 aliphatic rings. The number of amides is 2. The van der Waals surface area contributed by atoms with Gasteiger partial charge in [-0.1, -0.05) is 12.0 Å². The highest BCUT2D eigenvalue weighted by molar-refractivity contribution is 5.87. The van der Waals surface area contributed by atoms with Gasteiger partial charge in [-0.2, -0.15) is 0 Å². The van der Waals surface area contributed by atoms with Crippen molar-refractivity contribution in [3.05, 3.63) is 0 Å². The molecule has 1 heterocycles. The lowest BCUT2D eigenvalue weighted by Crippen LogP contribution is -2.45. The third kappa shape index (κ3) is 3.00. The Balaban J connectivity index is 2.44. The second-order valence-corrected chi connectivity index (χ2v) is 3.57. The first kappa shape index (κ1) is 10.4. The molecule has 0 radical (unpaired) electrons. The van der Waals surface area contributed by atoms with Crippen LogP contribution in [0.3, 0.4) is 0 Å². The Morgan fingerprint density at radius 2 is 2.29 bits per heavy atom. The molecule has 7 heteroatoms. The van der Waals surface area contributed by atoms with Gasteiger partial charge in [0.25, 0.3) is 0 Å². The summed E-state index contributed by atoms with van der Waals surface area (Å²) in [5.74, 6) is 0.231. The van der Waals surface area contributed by atoms with Crippen LogP contribution in [0.5, 0.6) is 0 Å². The normalized spacial score (nSPS) is 11.1. The fourth-order valence-corrected chi connectivity index (χ4v) is 0.747. The second-order valence-electron chi connectivity index (χ2n) is 3.57. The van der Waals surface area contributed by atoms with E-state index in [0.717, 1.165) is 6.42 Å². The average Bonchev–Trinajstić information content (AvgIpc) is 2.55. The topological polar surface area (TPSA) is 95.6 Å². The monoisotopic (exact) mass is 198 g/mol. The lowest BCUT2D eigenvalue weighted by atomic mass is 10.0. The summed E-state index contributed by atoms with van der Waals surface area (Å²) >= 11 is 0. The lowest BCUT2D eigenvalue weighted by molar-refractivity contribution is 0.240. The van der Waals surface area contributed by atoms with Gasteiger partial charge in [0.1, 0.15) is 0 Å². The Morgan fingerprint density at radius 3 is 2.79 bits per heavy atom. The van der Waals surface area contributed by atoms with Crippen LogP contribution in [0.2, 0.25) is 0 Å². The number of rotatable bonds is 3. The molecule has 0 saturated carbocycles. The van der Waals surface area contributed by atoms with Crippen molar-refractivity contribution in [3.63, 3.8) is 0 Å². The summed E-state index contributed by atoms with van der Waals surface area (Å²) in [6.45, 7) is 5.87. The van der Waals surface area contributed by atoms with E-state index < -0.39 is 0 Å². The van der Waals surface area contributed by atoms with Gasteiger partial charge in [0, 0.05) is 5.54 Å². The quantitative estimate of drug-likeness (QED) is 0.659. The van der Waals surface area contributed by atoms with Crippen molar-refractivity contribution >= 4 is 12.0 Å². The molecule has 0 unspecified atom stereocenters. The Kier molecular flexibility index (Phi) is 3.00. The minimum atomic E-state index is -0.324. The van der Waals surface area contributed by atoms with Crippen LogP contribution in [0.1, 0.15) is 27.2 Å². The predicted octanol–water partition coefficient (Wildman–Crippen LogP) is 0.510. The molecule has 0 spiro atoms. The van der Waals surface area contributed by atoms with Gasteiger partial charge >= 0.3 is 6.03 Å². The van der Waals surface area contributed by atoms with Crippen molar-refractivity contribution in [3.8, 4) is 0 Å². The number of aromatic amines is 1. The smallest absolute Gasteiger partial charge is 0.322 e. The number of nitrogens with zero attached hydrogens (tertiary/aromatic N) is 3. The molecule has 0 fully saturated rings. The molecule has 0 aliphatic carbocycles. The van der Waals surface area contributed by atoms with E-state index in [1.54, 1.807) is 0 Å². The van der Waals surface area contributed by atoms with Crippen LogP contribution in [0.15, 0.2) is 0 Å². The highest BCUT2D eigenvalue weighted by atomic mass is 16.2. The molecule has 0 aliphatic heterocycles. The third-order valence-electron chi connectivity index (χ3n) is 1.91. The van der Waals surface area contributed by atoms with Crippen molar-refractivity contribution in [2.45, 2.75) is 32.7 Å². The van der Waals surface area contributed by atoms with Crippen LogP contribution >= 0.6 is 0 Å². The van der Waals surface area contributed by atoms with Crippen LogP contribution in [0, 0.1) is 0 Å². The third-order valence-corrected chi connectivity index (χ3v) is 1.91. The summed E-state index contributed by atoms with van der Waals surface area (Å²) in [6.07, 6.45) is 0.842. The molecule has 78 valence electrons. The molecule has 0 aromatic carbocycles. The van der Waals surface area contributed by atoms with E-state index in [9.17, 15) is 4.79 Å². The first-order chi connectivity index (χ1) is 6.53. The van der Waals surface area contributed by atoms with E-state index in [1.807, 2.05) is 20.8 Å². The number of nitrogens with one attached hydrogen (secondary N) is 3. The first-order valence-electron chi connectivity index (χ1n) is 4.36. The average molecular weight is 198 g/mol. The lowest BCUT2D eigenvalue weighted by Gasteiger charge is -2.23. The van der Waals surface area contributed by atoms with Crippen molar-refractivity contribution in [2.75, 3.05) is 5.32 Å². The molecule has 7 nitrogen and oxygen atoms in total. The van der Waals surface area contributed by atoms with E-state index in [2.05, 4.69) is 31.3 Å². The van der Waals surface area contributed by atoms with E-state index >= 15 is 0 Å². The number of H-pyrrole nitrogens is 1. The van der Waals surface area contributed by atoms with E-state index in [-0.39, 0.29) is 17.5 Å². The highest BCUT2D eigenvalue weighted by Crippen LogP contribution is 2.06. The first-order valence-corrected chi connectivity index (χ1v) is 4.36. The Hall–Kier alpha value is -1.66. The van der Waals surface area contributed by atoms with Crippen molar-refractivity contribution in [2.24, 2.45) is 0 Å². The van der Waals surface area contributed by atoms with E-state index in [4.69, 9.17) is 0 Å². The maximum Gasteiger partial charge on any atom is 0.322 e. The molecule has 0 atom stereocenters. The maximum absolute atomic E-state index is 11.3. The van der Waals surface area contributed by atoms with Gasteiger partial charge in [-0.25, -0.2) is 9.89 Å². The maximum atomic E-state index is 11.3. The van der Waals surface area contributed by atoms with Gasteiger partial charge in [-0.05, 0) is 30.7 Å². The summed E-state index contributed by atoms with van der Waals surface area (Å²) in [5, 5.41) is 17.9. The fraction of sp³-hybridized carbons (Fsp3) is 0.714. The molecule has 1 rings (SSSR count). The van der Waals surface area contributed by atoms with E-state index in [1.165, 1.54) is 0 Å². The fourth-order valence-electron chi connectivity index (χ4n) is 0.747. The van der Waals surface area contributed by atoms with Crippen LogP contribution < -0.4 is 10.6 Å². The number of anilines is 1. The molecular formula is C7H14N6O.